The smallest absolute Gasteiger partial charge is 0.280 e. The monoisotopic (exact) mass is 439 g/mol. The van der Waals surface area contributed by atoms with E-state index in [1.165, 1.54) is 16.6 Å². The third kappa shape index (κ3) is 4.64. The number of alkyl halides is 2. The fourth-order valence-electron chi connectivity index (χ4n) is 4.23. The lowest BCUT2D eigenvalue weighted by Gasteiger charge is -2.31. The summed E-state index contributed by atoms with van der Waals surface area (Å²) < 4.78 is 51.6. The molecule has 2 aromatic rings. The van der Waals surface area contributed by atoms with E-state index in [9.17, 15) is 17.2 Å². The minimum Gasteiger partial charge on any atom is -0.367 e. The Balaban J connectivity index is 1.59. The first-order chi connectivity index (χ1) is 14.3. The van der Waals surface area contributed by atoms with Gasteiger partial charge in [0.05, 0.1) is 6.26 Å². The minimum atomic E-state index is -3.17. The van der Waals surface area contributed by atoms with E-state index < -0.39 is 16.4 Å². The van der Waals surface area contributed by atoms with Crippen LogP contribution in [-0.2, 0) is 10.0 Å². The van der Waals surface area contributed by atoms with E-state index in [4.69, 9.17) is 0 Å². The molecule has 4 heterocycles. The molecule has 4 rings (SSSR count). The van der Waals surface area contributed by atoms with Crippen molar-refractivity contribution in [3.63, 3.8) is 0 Å². The summed E-state index contributed by atoms with van der Waals surface area (Å²) in [6, 6.07) is 3.40. The van der Waals surface area contributed by atoms with E-state index in [1.54, 1.807) is 6.20 Å². The van der Waals surface area contributed by atoms with Gasteiger partial charge in [-0.3, -0.25) is 0 Å². The lowest BCUT2D eigenvalue weighted by atomic mass is 10.1. The van der Waals surface area contributed by atoms with Gasteiger partial charge in [-0.2, -0.15) is 0 Å². The second-order valence-corrected chi connectivity index (χ2v) is 10.1. The summed E-state index contributed by atoms with van der Waals surface area (Å²) >= 11 is 0. The van der Waals surface area contributed by atoms with E-state index >= 15 is 0 Å². The number of nitrogens with one attached hydrogen (secondary N) is 1. The highest BCUT2D eigenvalue weighted by molar-refractivity contribution is 7.88. The third-order valence-corrected chi connectivity index (χ3v) is 7.17. The summed E-state index contributed by atoms with van der Waals surface area (Å²) in [5.74, 6) is 1.25. The lowest BCUT2D eigenvalue weighted by Crippen LogP contribution is -2.41. The van der Waals surface area contributed by atoms with Crippen molar-refractivity contribution in [2.45, 2.75) is 44.6 Å². The maximum Gasteiger partial charge on any atom is 0.280 e. The Kier molecular flexibility index (Phi) is 6.06. The first-order valence-corrected chi connectivity index (χ1v) is 12.2. The van der Waals surface area contributed by atoms with Gasteiger partial charge in [0.25, 0.3) is 6.43 Å². The number of pyridine rings is 2. The Bertz CT molecular complexity index is 1000. The van der Waals surface area contributed by atoms with E-state index in [0.717, 1.165) is 37.7 Å². The standard InChI is InChI=1S/C20H27F2N5O2S/c1-30(28,29)27-9-5-15(6-10-27)24-18-12-16-14(13-23-18)11-17(19(21)22)25-20(16)26-7-3-2-4-8-26/h11-13,15,19H,2-10H2,1H3,(H,23,24). The van der Waals surface area contributed by atoms with Gasteiger partial charge < -0.3 is 10.2 Å². The van der Waals surface area contributed by atoms with Crippen molar-refractivity contribution in [1.29, 1.82) is 0 Å². The molecular weight excluding hydrogens is 412 g/mol. The Morgan fingerprint density at radius 1 is 1.10 bits per heavy atom. The Morgan fingerprint density at radius 3 is 2.43 bits per heavy atom. The molecule has 164 valence electrons. The maximum absolute atomic E-state index is 13.4. The zero-order valence-electron chi connectivity index (χ0n) is 17.0. The molecule has 2 aromatic heterocycles. The number of nitrogens with zero attached hydrogens (tertiary/aromatic N) is 4. The quantitative estimate of drug-likeness (QED) is 0.770. The Labute approximate surface area is 175 Å². The van der Waals surface area contributed by atoms with Crippen molar-refractivity contribution in [3.8, 4) is 0 Å². The van der Waals surface area contributed by atoms with Crippen molar-refractivity contribution in [2.75, 3.05) is 42.7 Å². The molecule has 1 N–H and O–H groups in total. The number of rotatable bonds is 5. The first kappa shape index (κ1) is 21.2. The van der Waals surface area contributed by atoms with Crippen LogP contribution >= 0.6 is 0 Å². The Morgan fingerprint density at radius 2 is 1.80 bits per heavy atom. The summed E-state index contributed by atoms with van der Waals surface area (Å²) in [6.07, 6.45) is 4.79. The summed E-state index contributed by atoms with van der Waals surface area (Å²) in [5, 5.41) is 4.85. The topological polar surface area (TPSA) is 78.4 Å². The van der Waals surface area contributed by atoms with Crippen LogP contribution in [0.5, 0.6) is 0 Å². The molecule has 2 aliphatic heterocycles. The van der Waals surface area contributed by atoms with Gasteiger partial charge in [0.2, 0.25) is 10.0 Å². The zero-order chi connectivity index (χ0) is 21.3. The molecule has 0 radical (unpaired) electrons. The molecule has 2 aliphatic rings. The molecule has 30 heavy (non-hydrogen) atoms. The highest BCUT2D eigenvalue weighted by Gasteiger charge is 2.25. The van der Waals surface area contributed by atoms with Gasteiger partial charge in [-0.05, 0) is 44.2 Å². The van der Waals surface area contributed by atoms with Crippen LogP contribution in [0.4, 0.5) is 20.4 Å². The molecule has 10 heteroatoms. The summed E-state index contributed by atoms with van der Waals surface area (Å²) in [5.41, 5.74) is -0.223. The first-order valence-electron chi connectivity index (χ1n) is 10.4. The van der Waals surface area contributed by atoms with Crippen LogP contribution in [-0.4, -0.2) is 61.2 Å². The van der Waals surface area contributed by atoms with Crippen LogP contribution < -0.4 is 10.2 Å². The van der Waals surface area contributed by atoms with Gasteiger partial charge in [0.1, 0.15) is 17.3 Å². The minimum absolute atomic E-state index is 0.111. The fourth-order valence-corrected chi connectivity index (χ4v) is 5.10. The van der Waals surface area contributed by atoms with Crippen LogP contribution in [0.3, 0.4) is 0 Å². The van der Waals surface area contributed by atoms with E-state index in [2.05, 4.69) is 20.2 Å². The molecular formula is C20H27F2N5O2S. The normalized spacial score (nSPS) is 19.5. The van der Waals surface area contributed by atoms with Crippen molar-refractivity contribution >= 4 is 32.4 Å². The van der Waals surface area contributed by atoms with Crippen molar-refractivity contribution in [1.82, 2.24) is 14.3 Å². The van der Waals surface area contributed by atoms with E-state index in [-0.39, 0.29) is 11.7 Å². The largest absolute Gasteiger partial charge is 0.367 e. The third-order valence-electron chi connectivity index (χ3n) is 5.87. The van der Waals surface area contributed by atoms with Gasteiger partial charge >= 0.3 is 0 Å². The van der Waals surface area contributed by atoms with Gasteiger partial charge in [0.15, 0.2) is 0 Å². The molecule has 0 aromatic carbocycles. The fraction of sp³-hybridized carbons (Fsp3) is 0.600. The number of anilines is 2. The predicted molar refractivity (Wildman–Crippen MR) is 114 cm³/mol. The molecule has 2 saturated heterocycles. The molecule has 0 spiro atoms. The lowest BCUT2D eigenvalue weighted by molar-refractivity contribution is 0.146. The van der Waals surface area contributed by atoms with Crippen molar-refractivity contribution < 1.29 is 17.2 Å². The molecule has 0 atom stereocenters. The van der Waals surface area contributed by atoms with Crippen LogP contribution in [0.25, 0.3) is 10.8 Å². The number of aromatic nitrogens is 2. The molecule has 0 unspecified atom stereocenters. The molecule has 0 aliphatic carbocycles. The van der Waals surface area contributed by atoms with E-state index in [0.29, 0.717) is 43.0 Å². The van der Waals surface area contributed by atoms with Gasteiger partial charge in [-0.25, -0.2) is 31.5 Å². The van der Waals surface area contributed by atoms with Crippen LogP contribution in [0, 0.1) is 0 Å². The highest BCUT2D eigenvalue weighted by atomic mass is 32.2. The second kappa shape index (κ2) is 8.58. The van der Waals surface area contributed by atoms with Crippen LogP contribution in [0.2, 0.25) is 0 Å². The van der Waals surface area contributed by atoms with Gasteiger partial charge in [-0.1, -0.05) is 0 Å². The molecule has 7 nitrogen and oxygen atoms in total. The number of halogens is 2. The molecule has 0 bridgehead atoms. The van der Waals surface area contributed by atoms with Crippen molar-refractivity contribution in [3.05, 3.63) is 24.0 Å². The zero-order valence-corrected chi connectivity index (χ0v) is 17.8. The SMILES string of the molecule is CS(=O)(=O)N1CCC(Nc2cc3c(N4CCCCC4)nc(C(F)F)cc3cn2)CC1. The van der Waals surface area contributed by atoms with Crippen LogP contribution in [0.1, 0.15) is 44.2 Å². The average Bonchev–Trinajstić information content (AvgIpc) is 2.73. The number of hydrogen-bond donors (Lipinski definition) is 1. The maximum atomic E-state index is 13.4. The number of sulfonamides is 1. The van der Waals surface area contributed by atoms with Gasteiger partial charge in [-0.15, -0.1) is 0 Å². The summed E-state index contributed by atoms with van der Waals surface area (Å²) in [7, 11) is -3.17. The Hall–Kier alpha value is -2.07. The number of hydrogen-bond acceptors (Lipinski definition) is 6. The summed E-state index contributed by atoms with van der Waals surface area (Å²) in [6.45, 7) is 2.57. The predicted octanol–water partition coefficient (Wildman–Crippen LogP) is 3.39. The molecule has 2 fully saturated rings. The highest BCUT2D eigenvalue weighted by Crippen LogP contribution is 2.32. The van der Waals surface area contributed by atoms with Crippen molar-refractivity contribution in [2.24, 2.45) is 0 Å². The van der Waals surface area contributed by atoms with E-state index in [1.807, 2.05) is 6.07 Å². The van der Waals surface area contributed by atoms with Gasteiger partial charge in [0, 0.05) is 49.2 Å². The number of piperidine rings is 2. The average molecular weight is 440 g/mol. The molecule has 0 saturated carbocycles. The number of fused-ring (bicyclic) bond motifs is 1. The summed E-state index contributed by atoms with van der Waals surface area (Å²) in [4.78, 5) is 10.8. The van der Waals surface area contributed by atoms with Crippen LogP contribution in [0.15, 0.2) is 18.3 Å². The second-order valence-electron chi connectivity index (χ2n) is 8.09. The molecule has 0 amide bonds.